The molecule has 0 aliphatic carbocycles. The van der Waals surface area contributed by atoms with Crippen LogP contribution in [0.15, 0.2) is 0 Å². The molecule has 0 aromatic rings. The van der Waals surface area contributed by atoms with Crippen LogP contribution in [0, 0.1) is 11.3 Å². The molecule has 0 saturated heterocycles. The first-order chi connectivity index (χ1) is 6.54. The van der Waals surface area contributed by atoms with Crippen LogP contribution >= 0.6 is 0 Å². The molecule has 88 valence electrons. The van der Waals surface area contributed by atoms with Crippen molar-refractivity contribution >= 4 is 0 Å². The molecule has 0 amide bonds. The highest BCUT2D eigenvalue weighted by Crippen LogP contribution is 2.33. The Bertz CT molecular complexity index is 108. The topological polar surface area (TPSA) is 12.0 Å². The van der Waals surface area contributed by atoms with Crippen molar-refractivity contribution < 1.29 is 0 Å². The quantitative estimate of drug-likeness (QED) is 0.682. The van der Waals surface area contributed by atoms with Crippen molar-refractivity contribution in [2.45, 2.75) is 60.8 Å². The monoisotopic (exact) mass is 201 g/mol. The maximum absolute atomic E-state index is 3.21. The van der Waals surface area contributed by atoms with Gasteiger partial charge in [0, 0.05) is 0 Å². The zero-order valence-electron chi connectivity index (χ0n) is 11.4. The first kappa shape index (κ1) is 16.4. The second-order valence-electron chi connectivity index (χ2n) is 4.53. The number of nitrogens with one attached hydrogen (secondary N) is 1. The highest BCUT2D eigenvalue weighted by atomic mass is 14.8. The van der Waals surface area contributed by atoms with E-state index in [1.807, 2.05) is 20.9 Å². The molecule has 14 heavy (non-hydrogen) atoms. The summed E-state index contributed by atoms with van der Waals surface area (Å²) in [6.45, 7) is 14.6. The van der Waals surface area contributed by atoms with E-state index in [-0.39, 0.29) is 0 Å². The van der Waals surface area contributed by atoms with Gasteiger partial charge in [-0.3, -0.25) is 0 Å². The first-order valence-electron chi connectivity index (χ1n) is 6.19. The molecular weight excluding hydrogens is 170 g/mol. The first-order valence-corrected chi connectivity index (χ1v) is 6.19. The van der Waals surface area contributed by atoms with Crippen LogP contribution in [0.1, 0.15) is 60.8 Å². The Morgan fingerprint density at radius 3 is 2.07 bits per heavy atom. The zero-order valence-corrected chi connectivity index (χ0v) is 11.4. The van der Waals surface area contributed by atoms with E-state index in [2.05, 4.69) is 33.0 Å². The molecule has 0 aromatic carbocycles. The van der Waals surface area contributed by atoms with E-state index >= 15 is 0 Å². The van der Waals surface area contributed by atoms with Crippen LogP contribution in [0.2, 0.25) is 0 Å². The van der Waals surface area contributed by atoms with Gasteiger partial charge in [-0.2, -0.15) is 0 Å². The summed E-state index contributed by atoms with van der Waals surface area (Å²) in [5, 5.41) is 3.21. The highest BCUT2D eigenvalue weighted by Gasteiger charge is 2.23. The van der Waals surface area contributed by atoms with Gasteiger partial charge in [-0.1, -0.05) is 48.0 Å². The molecule has 0 heterocycles. The third kappa shape index (κ3) is 7.37. The molecule has 0 aliphatic heterocycles. The zero-order chi connectivity index (χ0) is 11.6. The minimum atomic E-state index is 0.519. The van der Waals surface area contributed by atoms with E-state index < -0.39 is 0 Å². The standard InChI is InChI=1S/C11H25N.C2H6/c1-6-8-11(3,4)10(2)7-9-12-5;1-2/h10,12H,6-9H2,1-5H3;1-2H3. The predicted octanol–water partition coefficient (Wildman–Crippen LogP) is 4.08. The lowest BCUT2D eigenvalue weighted by Crippen LogP contribution is -2.24. The molecule has 0 fully saturated rings. The summed E-state index contributed by atoms with van der Waals surface area (Å²) < 4.78 is 0. The Kier molecular flexibility index (Phi) is 11.1. The number of rotatable bonds is 6. The minimum Gasteiger partial charge on any atom is -0.320 e. The van der Waals surface area contributed by atoms with Gasteiger partial charge >= 0.3 is 0 Å². The molecule has 0 spiro atoms. The molecule has 1 heteroatoms. The Balaban J connectivity index is 0. The number of hydrogen-bond donors (Lipinski definition) is 1. The molecule has 0 bridgehead atoms. The second kappa shape index (κ2) is 9.51. The predicted molar refractivity (Wildman–Crippen MR) is 67.7 cm³/mol. The second-order valence-corrected chi connectivity index (χ2v) is 4.53. The lowest BCUT2D eigenvalue weighted by Gasteiger charge is -2.31. The summed E-state index contributed by atoms with van der Waals surface area (Å²) in [6.07, 6.45) is 3.94. The molecule has 1 atom stereocenters. The van der Waals surface area contributed by atoms with E-state index in [0.29, 0.717) is 5.41 Å². The SMILES string of the molecule is CC.CCCC(C)(C)C(C)CCNC. The van der Waals surface area contributed by atoms with Gasteiger partial charge in [-0.15, -0.1) is 0 Å². The van der Waals surface area contributed by atoms with Crippen LogP contribution in [0.5, 0.6) is 0 Å². The summed E-state index contributed by atoms with van der Waals surface area (Å²) in [6, 6.07) is 0. The molecule has 0 aliphatic rings. The van der Waals surface area contributed by atoms with E-state index in [1.54, 1.807) is 0 Å². The van der Waals surface area contributed by atoms with E-state index in [9.17, 15) is 0 Å². The highest BCUT2D eigenvalue weighted by molar-refractivity contribution is 4.75. The molecule has 1 nitrogen and oxygen atoms in total. The van der Waals surface area contributed by atoms with Gasteiger partial charge in [0.1, 0.15) is 0 Å². The fourth-order valence-electron chi connectivity index (χ4n) is 1.64. The minimum absolute atomic E-state index is 0.519. The van der Waals surface area contributed by atoms with E-state index in [1.165, 1.54) is 19.3 Å². The summed E-state index contributed by atoms with van der Waals surface area (Å²) >= 11 is 0. The Hall–Kier alpha value is -0.0400. The van der Waals surface area contributed by atoms with Crippen molar-refractivity contribution in [3.8, 4) is 0 Å². The Morgan fingerprint density at radius 1 is 1.21 bits per heavy atom. The van der Waals surface area contributed by atoms with Crippen molar-refractivity contribution in [2.24, 2.45) is 11.3 Å². The van der Waals surface area contributed by atoms with Gasteiger partial charge in [0.15, 0.2) is 0 Å². The van der Waals surface area contributed by atoms with Crippen molar-refractivity contribution in [2.75, 3.05) is 13.6 Å². The van der Waals surface area contributed by atoms with Crippen LogP contribution in [-0.2, 0) is 0 Å². The third-order valence-electron chi connectivity index (χ3n) is 3.06. The molecule has 0 rings (SSSR count). The maximum atomic E-state index is 3.21. The van der Waals surface area contributed by atoms with Gasteiger partial charge in [0.25, 0.3) is 0 Å². The van der Waals surface area contributed by atoms with Crippen LogP contribution in [0.25, 0.3) is 0 Å². The summed E-state index contributed by atoms with van der Waals surface area (Å²) in [4.78, 5) is 0. The van der Waals surface area contributed by atoms with Gasteiger partial charge < -0.3 is 5.32 Å². The molecule has 0 radical (unpaired) electrons. The average molecular weight is 201 g/mol. The lowest BCUT2D eigenvalue weighted by atomic mass is 9.75. The van der Waals surface area contributed by atoms with Crippen LogP contribution in [0.4, 0.5) is 0 Å². The van der Waals surface area contributed by atoms with Crippen molar-refractivity contribution in [1.82, 2.24) is 5.32 Å². The van der Waals surface area contributed by atoms with E-state index in [0.717, 1.165) is 12.5 Å². The molecule has 0 aromatic heterocycles. The largest absolute Gasteiger partial charge is 0.320 e. The van der Waals surface area contributed by atoms with Crippen molar-refractivity contribution in [1.29, 1.82) is 0 Å². The molecule has 0 saturated carbocycles. The fourth-order valence-corrected chi connectivity index (χ4v) is 1.64. The third-order valence-corrected chi connectivity index (χ3v) is 3.06. The summed E-state index contributed by atoms with van der Waals surface area (Å²) in [5.41, 5.74) is 0.519. The van der Waals surface area contributed by atoms with Crippen molar-refractivity contribution in [3.63, 3.8) is 0 Å². The lowest BCUT2D eigenvalue weighted by molar-refractivity contribution is 0.198. The number of hydrogen-bond acceptors (Lipinski definition) is 1. The van der Waals surface area contributed by atoms with Gasteiger partial charge in [-0.25, -0.2) is 0 Å². The molecule has 1 N–H and O–H groups in total. The van der Waals surface area contributed by atoms with Gasteiger partial charge in [0.05, 0.1) is 0 Å². The van der Waals surface area contributed by atoms with Gasteiger partial charge in [-0.05, 0) is 37.8 Å². The van der Waals surface area contributed by atoms with Crippen LogP contribution < -0.4 is 5.32 Å². The van der Waals surface area contributed by atoms with Crippen LogP contribution in [0.3, 0.4) is 0 Å². The summed E-state index contributed by atoms with van der Waals surface area (Å²) in [5.74, 6) is 0.824. The average Bonchev–Trinajstić information content (AvgIpc) is 2.17. The molecular formula is C13H31N. The van der Waals surface area contributed by atoms with E-state index in [4.69, 9.17) is 0 Å². The molecule has 1 unspecified atom stereocenters. The smallest absolute Gasteiger partial charge is 0.00492 e. The Labute approximate surface area is 91.7 Å². The Morgan fingerprint density at radius 2 is 1.71 bits per heavy atom. The fraction of sp³-hybridized carbons (Fsp3) is 1.00. The van der Waals surface area contributed by atoms with Crippen LogP contribution in [-0.4, -0.2) is 13.6 Å². The van der Waals surface area contributed by atoms with Gasteiger partial charge in [0.2, 0.25) is 0 Å². The maximum Gasteiger partial charge on any atom is -0.00492 e. The summed E-state index contributed by atoms with van der Waals surface area (Å²) in [7, 11) is 2.03. The normalized spacial score (nSPS) is 13.1. The van der Waals surface area contributed by atoms with Crippen molar-refractivity contribution in [3.05, 3.63) is 0 Å².